The Hall–Kier alpha value is -1.35. The smallest absolute Gasteiger partial charge is 0.255 e. The minimum atomic E-state index is 0.0411. The van der Waals surface area contributed by atoms with Crippen molar-refractivity contribution in [1.29, 1.82) is 0 Å². The van der Waals surface area contributed by atoms with Crippen molar-refractivity contribution in [2.75, 3.05) is 13.1 Å². The third-order valence-corrected chi connectivity index (χ3v) is 2.96. The molecule has 0 saturated carbocycles. The topological polar surface area (TPSA) is 44.9 Å². The van der Waals surface area contributed by atoms with Gasteiger partial charge in [0, 0.05) is 17.8 Å². The Morgan fingerprint density at radius 3 is 2.69 bits per heavy atom. The maximum absolute atomic E-state index is 11.9. The largest absolute Gasteiger partial charge is 0.325 e. The summed E-state index contributed by atoms with van der Waals surface area (Å²) in [4.78, 5) is 14.9. The van der Waals surface area contributed by atoms with Gasteiger partial charge in [-0.3, -0.25) is 4.79 Å². The number of hydrogen-bond donors (Lipinski definition) is 2. The van der Waals surface area contributed by atoms with Gasteiger partial charge in [0.25, 0.3) is 5.56 Å². The lowest BCUT2D eigenvalue weighted by Gasteiger charge is -2.14. The Bertz CT molecular complexity index is 457. The number of nitrogens with one attached hydrogen (secondary N) is 2. The van der Waals surface area contributed by atoms with E-state index in [0.29, 0.717) is 5.92 Å². The molecule has 3 nitrogen and oxygen atoms in total. The molecule has 2 N–H and O–H groups in total. The van der Waals surface area contributed by atoms with E-state index in [2.05, 4.69) is 30.2 Å². The van der Waals surface area contributed by atoms with E-state index >= 15 is 0 Å². The van der Waals surface area contributed by atoms with Crippen LogP contribution < -0.4 is 10.9 Å². The highest BCUT2D eigenvalue weighted by molar-refractivity contribution is 5.65. The van der Waals surface area contributed by atoms with Gasteiger partial charge in [-0.05, 0) is 36.6 Å². The molecule has 1 aromatic heterocycles. The van der Waals surface area contributed by atoms with E-state index in [-0.39, 0.29) is 5.56 Å². The van der Waals surface area contributed by atoms with Gasteiger partial charge >= 0.3 is 0 Å². The highest BCUT2D eigenvalue weighted by Crippen LogP contribution is 2.17. The number of aromatic amines is 1. The molecular formula is C13H18N2O. The number of H-pyrrole nitrogens is 1. The second-order valence-electron chi connectivity index (χ2n) is 4.49. The van der Waals surface area contributed by atoms with E-state index in [1.54, 1.807) is 0 Å². The van der Waals surface area contributed by atoms with Crippen LogP contribution in [0, 0.1) is 0 Å². The second kappa shape index (κ2) is 4.66. The minimum Gasteiger partial charge on any atom is -0.325 e. The van der Waals surface area contributed by atoms with Crippen molar-refractivity contribution in [2.45, 2.75) is 26.2 Å². The summed E-state index contributed by atoms with van der Waals surface area (Å²) in [5.41, 5.74) is 3.03. The van der Waals surface area contributed by atoms with Crippen molar-refractivity contribution in [3.63, 3.8) is 0 Å². The third kappa shape index (κ3) is 2.25. The summed E-state index contributed by atoms with van der Waals surface area (Å²) in [7, 11) is 0. The van der Waals surface area contributed by atoms with Crippen LogP contribution in [0.5, 0.6) is 0 Å². The van der Waals surface area contributed by atoms with Gasteiger partial charge in [-0.1, -0.05) is 19.9 Å². The Kier molecular flexibility index (Phi) is 3.25. The van der Waals surface area contributed by atoms with E-state index < -0.39 is 0 Å². The molecule has 0 spiro atoms. The van der Waals surface area contributed by atoms with E-state index in [9.17, 15) is 4.79 Å². The SMILES string of the molecule is CC(C)c1ccc(C2=CCNCC2)c(=O)[nH]1. The molecule has 1 aliphatic rings. The molecule has 0 aliphatic carbocycles. The van der Waals surface area contributed by atoms with Crippen LogP contribution in [0.1, 0.15) is 37.4 Å². The van der Waals surface area contributed by atoms with Crippen molar-refractivity contribution < 1.29 is 0 Å². The Morgan fingerprint density at radius 1 is 1.31 bits per heavy atom. The first-order valence-corrected chi connectivity index (χ1v) is 5.82. The fourth-order valence-corrected chi connectivity index (χ4v) is 1.95. The maximum atomic E-state index is 11.9. The standard InChI is InChI=1S/C13H18N2O/c1-9(2)12-4-3-11(13(16)15-12)10-5-7-14-8-6-10/h3-5,9,14H,6-8H2,1-2H3,(H,15,16). The molecule has 0 amide bonds. The van der Waals surface area contributed by atoms with Crippen molar-refractivity contribution in [1.82, 2.24) is 10.3 Å². The number of rotatable bonds is 2. The summed E-state index contributed by atoms with van der Waals surface area (Å²) >= 11 is 0. The zero-order valence-electron chi connectivity index (χ0n) is 9.84. The third-order valence-electron chi connectivity index (χ3n) is 2.96. The molecule has 0 unspecified atom stereocenters. The predicted molar refractivity (Wildman–Crippen MR) is 66.6 cm³/mol. The van der Waals surface area contributed by atoms with Gasteiger partial charge < -0.3 is 10.3 Å². The molecule has 1 aromatic rings. The molecule has 0 atom stereocenters. The first-order chi connectivity index (χ1) is 7.68. The van der Waals surface area contributed by atoms with Gasteiger partial charge in [0.1, 0.15) is 0 Å². The highest BCUT2D eigenvalue weighted by Gasteiger charge is 2.10. The van der Waals surface area contributed by atoms with E-state index in [4.69, 9.17) is 0 Å². The predicted octanol–water partition coefficient (Wildman–Crippen LogP) is 1.88. The molecule has 0 fully saturated rings. The average molecular weight is 218 g/mol. The van der Waals surface area contributed by atoms with E-state index in [1.165, 1.54) is 0 Å². The van der Waals surface area contributed by atoms with E-state index in [0.717, 1.165) is 36.3 Å². The van der Waals surface area contributed by atoms with Crippen LogP contribution in [0.2, 0.25) is 0 Å². The van der Waals surface area contributed by atoms with Gasteiger partial charge in [0.2, 0.25) is 0 Å². The van der Waals surface area contributed by atoms with Crippen LogP contribution in [0.4, 0.5) is 0 Å². The van der Waals surface area contributed by atoms with Crippen LogP contribution in [0.3, 0.4) is 0 Å². The van der Waals surface area contributed by atoms with Gasteiger partial charge in [0.15, 0.2) is 0 Å². The van der Waals surface area contributed by atoms with Crippen LogP contribution in [-0.4, -0.2) is 18.1 Å². The molecular weight excluding hydrogens is 200 g/mol. The Morgan fingerprint density at radius 2 is 2.12 bits per heavy atom. The lowest BCUT2D eigenvalue weighted by molar-refractivity contribution is 0.737. The highest BCUT2D eigenvalue weighted by atomic mass is 16.1. The van der Waals surface area contributed by atoms with Crippen molar-refractivity contribution in [3.05, 3.63) is 39.8 Å². The van der Waals surface area contributed by atoms with Gasteiger partial charge in [-0.2, -0.15) is 0 Å². The number of pyridine rings is 1. The minimum absolute atomic E-state index is 0.0411. The fourth-order valence-electron chi connectivity index (χ4n) is 1.95. The molecule has 0 aromatic carbocycles. The summed E-state index contributed by atoms with van der Waals surface area (Å²) < 4.78 is 0. The van der Waals surface area contributed by atoms with Crippen LogP contribution in [0.25, 0.3) is 5.57 Å². The van der Waals surface area contributed by atoms with Crippen LogP contribution >= 0.6 is 0 Å². The lowest BCUT2D eigenvalue weighted by Crippen LogP contribution is -2.23. The van der Waals surface area contributed by atoms with Gasteiger partial charge in [0.05, 0.1) is 0 Å². The normalized spacial score (nSPS) is 16.3. The summed E-state index contributed by atoms with van der Waals surface area (Å²) in [5.74, 6) is 0.365. The second-order valence-corrected chi connectivity index (χ2v) is 4.49. The molecule has 2 heterocycles. The summed E-state index contributed by atoms with van der Waals surface area (Å²) in [6.07, 6.45) is 3.03. The lowest BCUT2D eigenvalue weighted by atomic mass is 10.0. The van der Waals surface area contributed by atoms with Crippen molar-refractivity contribution in [3.8, 4) is 0 Å². The van der Waals surface area contributed by atoms with Crippen molar-refractivity contribution in [2.24, 2.45) is 0 Å². The summed E-state index contributed by atoms with van der Waals surface area (Å²) in [6.45, 7) is 5.97. The summed E-state index contributed by atoms with van der Waals surface area (Å²) in [5, 5.41) is 3.24. The fraction of sp³-hybridized carbons (Fsp3) is 0.462. The van der Waals surface area contributed by atoms with Crippen LogP contribution in [-0.2, 0) is 0 Å². The Labute approximate surface area is 95.6 Å². The van der Waals surface area contributed by atoms with Crippen molar-refractivity contribution >= 4 is 5.57 Å². The maximum Gasteiger partial charge on any atom is 0.255 e. The molecule has 16 heavy (non-hydrogen) atoms. The molecule has 0 radical (unpaired) electrons. The quantitative estimate of drug-likeness (QED) is 0.796. The van der Waals surface area contributed by atoms with E-state index in [1.807, 2.05) is 12.1 Å². The molecule has 3 heteroatoms. The molecule has 86 valence electrons. The molecule has 0 bridgehead atoms. The molecule has 1 aliphatic heterocycles. The van der Waals surface area contributed by atoms with Crippen LogP contribution in [0.15, 0.2) is 23.0 Å². The Balaban J connectivity index is 2.36. The molecule has 0 saturated heterocycles. The zero-order chi connectivity index (χ0) is 11.5. The molecule has 2 rings (SSSR count). The van der Waals surface area contributed by atoms with Gasteiger partial charge in [-0.25, -0.2) is 0 Å². The summed E-state index contributed by atoms with van der Waals surface area (Å²) in [6, 6.07) is 3.97. The average Bonchev–Trinajstić information content (AvgIpc) is 2.30. The van der Waals surface area contributed by atoms with Gasteiger partial charge in [-0.15, -0.1) is 0 Å². The number of aromatic nitrogens is 1. The number of hydrogen-bond acceptors (Lipinski definition) is 2. The monoisotopic (exact) mass is 218 g/mol. The zero-order valence-corrected chi connectivity index (χ0v) is 9.84. The first-order valence-electron chi connectivity index (χ1n) is 5.82. The first kappa shape index (κ1) is 11.1.